The van der Waals surface area contributed by atoms with Crippen LogP contribution in [0.25, 0.3) is 10.8 Å². The molecule has 0 saturated carbocycles. The SMILES string of the molecule is Cc1ccc(O)c(C(C)(C)C)c1.Oc1ccc2ccccc2c1. The van der Waals surface area contributed by atoms with Crippen LogP contribution in [0, 0.1) is 6.92 Å². The molecule has 0 fully saturated rings. The summed E-state index contributed by atoms with van der Waals surface area (Å²) in [4.78, 5) is 0. The Morgan fingerprint density at radius 1 is 0.739 bits per heavy atom. The zero-order chi connectivity index (χ0) is 17.0. The lowest BCUT2D eigenvalue weighted by molar-refractivity contribution is 0.446. The van der Waals surface area contributed by atoms with Crippen molar-refractivity contribution in [2.45, 2.75) is 33.1 Å². The summed E-state index contributed by atoms with van der Waals surface area (Å²) in [5, 5.41) is 20.9. The third-order valence-electron chi connectivity index (χ3n) is 3.69. The average Bonchev–Trinajstić information content (AvgIpc) is 2.49. The Morgan fingerprint density at radius 2 is 1.39 bits per heavy atom. The molecule has 2 N–H and O–H groups in total. The Kier molecular flexibility index (Phi) is 4.95. The monoisotopic (exact) mass is 308 g/mol. The van der Waals surface area contributed by atoms with Crippen molar-refractivity contribution in [1.82, 2.24) is 0 Å². The van der Waals surface area contributed by atoms with Crippen molar-refractivity contribution in [2.24, 2.45) is 0 Å². The first kappa shape index (κ1) is 16.9. The Bertz CT molecular complexity index is 798. The highest BCUT2D eigenvalue weighted by Gasteiger charge is 2.17. The third-order valence-corrected chi connectivity index (χ3v) is 3.69. The molecule has 0 atom stereocenters. The smallest absolute Gasteiger partial charge is 0.119 e. The van der Waals surface area contributed by atoms with Crippen LogP contribution >= 0.6 is 0 Å². The van der Waals surface area contributed by atoms with Crippen molar-refractivity contribution in [3.63, 3.8) is 0 Å². The van der Waals surface area contributed by atoms with Crippen LogP contribution < -0.4 is 0 Å². The summed E-state index contributed by atoms with van der Waals surface area (Å²) in [7, 11) is 0. The summed E-state index contributed by atoms with van der Waals surface area (Å²) in [6, 6.07) is 19.0. The fourth-order valence-corrected chi connectivity index (χ4v) is 2.43. The highest BCUT2D eigenvalue weighted by molar-refractivity contribution is 5.83. The van der Waals surface area contributed by atoms with Crippen LogP contribution in [-0.2, 0) is 5.41 Å². The first-order valence-corrected chi connectivity index (χ1v) is 7.75. The molecule has 3 aromatic carbocycles. The van der Waals surface area contributed by atoms with Crippen molar-refractivity contribution in [2.75, 3.05) is 0 Å². The molecule has 0 aliphatic carbocycles. The van der Waals surface area contributed by atoms with Gasteiger partial charge in [0, 0.05) is 0 Å². The van der Waals surface area contributed by atoms with Gasteiger partial charge in [-0.05, 0) is 46.9 Å². The van der Waals surface area contributed by atoms with E-state index in [0.29, 0.717) is 11.5 Å². The van der Waals surface area contributed by atoms with Gasteiger partial charge in [0.15, 0.2) is 0 Å². The Balaban J connectivity index is 0.000000167. The summed E-state index contributed by atoms with van der Waals surface area (Å²) in [5.41, 5.74) is 2.23. The minimum Gasteiger partial charge on any atom is -0.508 e. The van der Waals surface area contributed by atoms with Crippen LogP contribution in [0.3, 0.4) is 0 Å². The van der Waals surface area contributed by atoms with Gasteiger partial charge >= 0.3 is 0 Å². The molecule has 0 spiro atoms. The van der Waals surface area contributed by atoms with Crippen LogP contribution in [0.4, 0.5) is 0 Å². The maximum absolute atomic E-state index is 9.57. The van der Waals surface area contributed by atoms with Gasteiger partial charge in [0.05, 0.1) is 0 Å². The van der Waals surface area contributed by atoms with Gasteiger partial charge in [-0.15, -0.1) is 0 Å². The van der Waals surface area contributed by atoms with E-state index in [1.54, 1.807) is 18.2 Å². The fourth-order valence-electron chi connectivity index (χ4n) is 2.43. The second kappa shape index (κ2) is 6.74. The maximum atomic E-state index is 9.57. The Hall–Kier alpha value is -2.48. The number of benzene rings is 3. The normalized spacial score (nSPS) is 11.0. The number of hydrogen-bond acceptors (Lipinski definition) is 2. The zero-order valence-corrected chi connectivity index (χ0v) is 14.2. The van der Waals surface area contributed by atoms with E-state index in [-0.39, 0.29) is 5.41 Å². The fraction of sp³-hybridized carbons (Fsp3) is 0.238. The maximum Gasteiger partial charge on any atom is 0.119 e. The Labute approximate surface area is 138 Å². The van der Waals surface area contributed by atoms with Gasteiger partial charge in [0.25, 0.3) is 0 Å². The lowest BCUT2D eigenvalue weighted by atomic mass is 9.85. The molecule has 0 aliphatic heterocycles. The molecule has 0 heterocycles. The summed E-state index contributed by atoms with van der Waals surface area (Å²) >= 11 is 0. The van der Waals surface area contributed by atoms with E-state index < -0.39 is 0 Å². The van der Waals surface area contributed by atoms with Gasteiger partial charge in [-0.2, -0.15) is 0 Å². The first-order valence-electron chi connectivity index (χ1n) is 7.75. The van der Waals surface area contributed by atoms with E-state index in [0.717, 1.165) is 16.3 Å². The van der Waals surface area contributed by atoms with Crippen LogP contribution in [0.2, 0.25) is 0 Å². The van der Waals surface area contributed by atoms with Crippen molar-refractivity contribution < 1.29 is 10.2 Å². The Morgan fingerprint density at radius 3 is 2.00 bits per heavy atom. The van der Waals surface area contributed by atoms with Crippen molar-refractivity contribution in [3.05, 3.63) is 71.8 Å². The van der Waals surface area contributed by atoms with E-state index in [9.17, 15) is 5.11 Å². The lowest BCUT2D eigenvalue weighted by Gasteiger charge is -2.20. The number of hydrogen-bond donors (Lipinski definition) is 2. The predicted molar refractivity (Wildman–Crippen MR) is 97.2 cm³/mol. The summed E-state index contributed by atoms with van der Waals surface area (Å²) in [6.45, 7) is 8.33. The summed E-state index contributed by atoms with van der Waals surface area (Å²) in [5.74, 6) is 0.719. The predicted octanol–water partition coefficient (Wildman–Crippen LogP) is 5.54. The third kappa shape index (κ3) is 4.49. The molecule has 0 aliphatic rings. The molecule has 2 nitrogen and oxygen atoms in total. The van der Waals surface area contributed by atoms with Gasteiger partial charge in [-0.3, -0.25) is 0 Å². The molecule has 0 aromatic heterocycles. The zero-order valence-electron chi connectivity index (χ0n) is 14.2. The molecule has 23 heavy (non-hydrogen) atoms. The minimum atomic E-state index is 0.0239. The second-order valence-electron chi connectivity index (χ2n) is 6.80. The molecule has 0 saturated heterocycles. The molecular formula is C21H24O2. The van der Waals surface area contributed by atoms with Gasteiger partial charge in [-0.1, -0.05) is 68.8 Å². The number of phenolic OH excluding ortho intramolecular Hbond substituents is 2. The first-order chi connectivity index (χ1) is 10.8. The molecule has 0 bridgehead atoms. The van der Waals surface area contributed by atoms with Crippen molar-refractivity contribution >= 4 is 10.8 Å². The molecule has 3 aromatic rings. The molecule has 120 valence electrons. The molecule has 0 unspecified atom stereocenters. The molecule has 0 radical (unpaired) electrons. The van der Waals surface area contributed by atoms with Gasteiger partial charge < -0.3 is 10.2 Å². The summed E-state index contributed by atoms with van der Waals surface area (Å²) < 4.78 is 0. The quantitative estimate of drug-likeness (QED) is 0.572. The second-order valence-corrected chi connectivity index (χ2v) is 6.80. The van der Waals surface area contributed by atoms with Crippen LogP contribution in [0.5, 0.6) is 11.5 Å². The number of fused-ring (bicyclic) bond motifs is 1. The number of phenols is 2. The van der Waals surface area contributed by atoms with E-state index in [4.69, 9.17) is 5.11 Å². The van der Waals surface area contributed by atoms with Gasteiger partial charge in [-0.25, -0.2) is 0 Å². The van der Waals surface area contributed by atoms with E-state index in [2.05, 4.69) is 20.8 Å². The standard InChI is InChI=1S/C11H16O.C10H8O/c1-8-5-6-10(12)9(7-8)11(2,3)4;11-10-6-5-8-3-1-2-4-9(8)7-10/h5-7,12H,1-4H3;1-7,11H. The molecule has 0 amide bonds. The van der Waals surface area contributed by atoms with Gasteiger partial charge in [0.2, 0.25) is 0 Å². The number of aromatic hydroxyl groups is 2. The van der Waals surface area contributed by atoms with Gasteiger partial charge in [0.1, 0.15) is 11.5 Å². The largest absolute Gasteiger partial charge is 0.508 e. The average molecular weight is 308 g/mol. The topological polar surface area (TPSA) is 40.5 Å². The highest BCUT2D eigenvalue weighted by atomic mass is 16.3. The van der Waals surface area contributed by atoms with Crippen molar-refractivity contribution in [3.8, 4) is 11.5 Å². The van der Waals surface area contributed by atoms with Crippen LogP contribution in [-0.4, -0.2) is 10.2 Å². The highest BCUT2D eigenvalue weighted by Crippen LogP contribution is 2.30. The molecule has 3 rings (SSSR count). The lowest BCUT2D eigenvalue weighted by Crippen LogP contribution is -2.11. The van der Waals surface area contributed by atoms with E-state index >= 15 is 0 Å². The van der Waals surface area contributed by atoms with E-state index in [1.165, 1.54) is 5.56 Å². The molecule has 2 heteroatoms. The van der Waals surface area contributed by atoms with Crippen molar-refractivity contribution in [1.29, 1.82) is 0 Å². The number of aryl methyl sites for hydroxylation is 1. The van der Waals surface area contributed by atoms with E-state index in [1.807, 2.05) is 49.4 Å². The minimum absolute atomic E-state index is 0.0239. The molecular weight excluding hydrogens is 284 g/mol. The summed E-state index contributed by atoms with van der Waals surface area (Å²) in [6.07, 6.45) is 0. The number of rotatable bonds is 0. The van der Waals surface area contributed by atoms with Crippen LogP contribution in [0.1, 0.15) is 31.9 Å². The van der Waals surface area contributed by atoms with Crippen LogP contribution in [0.15, 0.2) is 60.7 Å².